The maximum absolute atomic E-state index is 12.0. The molecule has 0 saturated heterocycles. The zero-order valence-electron chi connectivity index (χ0n) is 13.5. The van der Waals surface area contributed by atoms with Gasteiger partial charge in [-0.2, -0.15) is 0 Å². The Morgan fingerprint density at radius 3 is 2.17 bits per heavy atom. The number of rotatable bonds is 7. The van der Waals surface area contributed by atoms with Crippen LogP contribution in [-0.2, 0) is 23.9 Å². The van der Waals surface area contributed by atoms with Crippen molar-refractivity contribution in [2.45, 2.75) is 25.3 Å². The van der Waals surface area contributed by atoms with Gasteiger partial charge in [-0.15, -0.1) is 0 Å². The molecule has 24 heavy (non-hydrogen) atoms. The summed E-state index contributed by atoms with van der Waals surface area (Å²) in [4.78, 5) is 45.2. The van der Waals surface area contributed by atoms with Crippen molar-refractivity contribution in [2.75, 3.05) is 14.2 Å². The number of nitro benzene ring substituents is 1. The predicted octanol–water partition coefficient (Wildman–Crippen LogP) is 0.919. The monoisotopic (exact) mass is 338 g/mol. The van der Waals surface area contributed by atoms with Gasteiger partial charge >= 0.3 is 11.9 Å². The van der Waals surface area contributed by atoms with Crippen molar-refractivity contribution in [1.29, 1.82) is 0 Å². The summed E-state index contributed by atoms with van der Waals surface area (Å²) in [5, 5.41) is 13.2. The summed E-state index contributed by atoms with van der Waals surface area (Å²) in [6, 6.07) is 4.21. The number of hydrogen-bond donors (Lipinski definition) is 1. The van der Waals surface area contributed by atoms with Gasteiger partial charge in [-0.1, -0.05) is 12.1 Å². The van der Waals surface area contributed by atoms with E-state index in [1.165, 1.54) is 38.3 Å². The molecular weight excluding hydrogens is 320 g/mol. The minimum atomic E-state index is -1.13. The largest absolute Gasteiger partial charge is 0.469 e. The second kappa shape index (κ2) is 8.61. The first-order valence-corrected chi connectivity index (χ1v) is 6.96. The molecule has 0 aliphatic heterocycles. The lowest BCUT2D eigenvalue weighted by Crippen LogP contribution is -2.45. The third-order valence-electron chi connectivity index (χ3n) is 3.36. The molecule has 2 atom stereocenters. The second-order valence-corrected chi connectivity index (χ2v) is 4.94. The fourth-order valence-corrected chi connectivity index (χ4v) is 2.20. The molecule has 0 aromatic heterocycles. The van der Waals surface area contributed by atoms with E-state index in [0.717, 1.165) is 7.11 Å². The van der Waals surface area contributed by atoms with Crippen molar-refractivity contribution < 1.29 is 28.8 Å². The lowest BCUT2D eigenvalue weighted by Gasteiger charge is -2.25. The lowest BCUT2D eigenvalue weighted by molar-refractivity contribution is -0.384. The predicted molar refractivity (Wildman–Crippen MR) is 82.1 cm³/mol. The Bertz CT molecular complexity index is 627. The maximum atomic E-state index is 12.0. The zero-order chi connectivity index (χ0) is 18.3. The van der Waals surface area contributed by atoms with Crippen LogP contribution in [0.15, 0.2) is 24.3 Å². The average Bonchev–Trinajstić information content (AvgIpc) is 2.56. The average molecular weight is 338 g/mol. The van der Waals surface area contributed by atoms with Crippen molar-refractivity contribution in [1.82, 2.24) is 5.32 Å². The summed E-state index contributed by atoms with van der Waals surface area (Å²) in [5.41, 5.74) is 0.319. The molecule has 130 valence electrons. The second-order valence-electron chi connectivity index (χ2n) is 4.94. The summed E-state index contributed by atoms with van der Waals surface area (Å²) in [6.07, 6.45) is -0.214. The van der Waals surface area contributed by atoms with Gasteiger partial charge in [-0.3, -0.25) is 19.7 Å². The lowest BCUT2D eigenvalue weighted by atomic mass is 9.88. The molecule has 1 N–H and O–H groups in total. The first kappa shape index (κ1) is 19.1. The molecule has 0 saturated carbocycles. The molecule has 9 heteroatoms. The summed E-state index contributed by atoms with van der Waals surface area (Å²) in [5.74, 6) is -2.62. The summed E-state index contributed by atoms with van der Waals surface area (Å²) < 4.78 is 9.30. The third kappa shape index (κ3) is 5.04. The van der Waals surface area contributed by atoms with Gasteiger partial charge in [0.2, 0.25) is 5.91 Å². The van der Waals surface area contributed by atoms with E-state index in [1.807, 2.05) is 0 Å². The highest BCUT2D eigenvalue weighted by atomic mass is 16.6. The van der Waals surface area contributed by atoms with E-state index in [9.17, 15) is 24.5 Å². The van der Waals surface area contributed by atoms with Crippen LogP contribution in [0.5, 0.6) is 0 Å². The highest BCUT2D eigenvalue weighted by molar-refractivity contribution is 5.85. The van der Waals surface area contributed by atoms with Crippen LogP contribution in [0.1, 0.15) is 24.8 Å². The van der Waals surface area contributed by atoms with Crippen LogP contribution in [0.4, 0.5) is 5.69 Å². The first-order valence-electron chi connectivity index (χ1n) is 6.96. The SMILES string of the molecule is COC(=O)C[C@H](c1ccc([N+](=O)[O-])cc1)[C@@H](NC(C)=O)C(=O)OC. The van der Waals surface area contributed by atoms with Gasteiger partial charge in [-0.05, 0) is 5.56 Å². The van der Waals surface area contributed by atoms with Crippen molar-refractivity contribution in [2.24, 2.45) is 0 Å². The number of nitrogens with one attached hydrogen (secondary N) is 1. The Hall–Kier alpha value is -2.97. The quantitative estimate of drug-likeness (QED) is 0.445. The molecule has 0 radical (unpaired) electrons. The Kier molecular flexibility index (Phi) is 6.84. The maximum Gasteiger partial charge on any atom is 0.329 e. The molecule has 9 nitrogen and oxygen atoms in total. The van der Waals surface area contributed by atoms with Gasteiger partial charge in [0.25, 0.3) is 5.69 Å². The Morgan fingerprint density at radius 2 is 1.75 bits per heavy atom. The standard InChI is InChI=1S/C15H18N2O7/c1-9(18)16-14(15(20)24-3)12(8-13(19)23-2)10-4-6-11(7-5-10)17(21)22/h4-7,12,14H,8H2,1-3H3,(H,16,18)/t12-,14-/m1/s1. The van der Waals surface area contributed by atoms with Crippen LogP contribution >= 0.6 is 0 Å². The van der Waals surface area contributed by atoms with Crippen LogP contribution < -0.4 is 5.32 Å². The Labute approximate surface area is 138 Å². The minimum Gasteiger partial charge on any atom is -0.469 e. The van der Waals surface area contributed by atoms with E-state index < -0.39 is 34.7 Å². The summed E-state index contributed by atoms with van der Waals surface area (Å²) in [7, 11) is 2.35. The fourth-order valence-electron chi connectivity index (χ4n) is 2.20. The van der Waals surface area contributed by atoms with Gasteiger partial charge in [0.15, 0.2) is 0 Å². The van der Waals surface area contributed by atoms with E-state index in [1.54, 1.807) is 0 Å². The van der Waals surface area contributed by atoms with Crippen LogP contribution in [-0.4, -0.2) is 43.0 Å². The Balaban J connectivity index is 3.25. The van der Waals surface area contributed by atoms with Crippen molar-refractivity contribution >= 4 is 23.5 Å². The van der Waals surface area contributed by atoms with Crippen molar-refractivity contribution in [3.63, 3.8) is 0 Å². The van der Waals surface area contributed by atoms with Crippen LogP contribution in [0.2, 0.25) is 0 Å². The fraction of sp³-hybridized carbons (Fsp3) is 0.400. The van der Waals surface area contributed by atoms with Gasteiger partial charge in [-0.25, -0.2) is 4.79 Å². The van der Waals surface area contributed by atoms with E-state index >= 15 is 0 Å². The number of ether oxygens (including phenoxy) is 2. The first-order chi connectivity index (χ1) is 11.3. The smallest absolute Gasteiger partial charge is 0.329 e. The number of carbonyl (C=O) groups is 3. The highest BCUT2D eigenvalue weighted by Gasteiger charge is 2.33. The van der Waals surface area contributed by atoms with E-state index in [2.05, 4.69) is 14.8 Å². The number of methoxy groups -OCH3 is 2. The molecule has 0 heterocycles. The number of benzene rings is 1. The molecule has 1 amide bonds. The molecular formula is C15H18N2O7. The number of non-ortho nitro benzene ring substituents is 1. The number of esters is 2. The molecule has 0 unspecified atom stereocenters. The molecule has 0 spiro atoms. The van der Waals surface area contributed by atoms with Crippen molar-refractivity contribution in [3.8, 4) is 0 Å². The van der Waals surface area contributed by atoms with Crippen LogP contribution in [0.3, 0.4) is 0 Å². The third-order valence-corrected chi connectivity index (χ3v) is 3.36. The zero-order valence-corrected chi connectivity index (χ0v) is 13.5. The molecule has 1 aromatic rings. The minimum absolute atomic E-state index is 0.135. The van der Waals surface area contributed by atoms with Gasteiger partial charge in [0.05, 0.1) is 25.6 Å². The van der Waals surface area contributed by atoms with Crippen LogP contribution in [0, 0.1) is 10.1 Å². The van der Waals surface area contributed by atoms with Crippen LogP contribution in [0.25, 0.3) is 0 Å². The molecule has 0 bridgehead atoms. The summed E-state index contributed by atoms with van der Waals surface area (Å²) in [6.45, 7) is 1.22. The molecule has 0 aliphatic carbocycles. The highest BCUT2D eigenvalue weighted by Crippen LogP contribution is 2.27. The number of carbonyl (C=O) groups excluding carboxylic acids is 3. The number of amides is 1. The molecule has 1 aromatic carbocycles. The van der Waals surface area contributed by atoms with E-state index in [4.69, 9.17) is 0 Å². The number of nitro groups is 1. The number of nitrogens with zero attached hydrogens (tertiary/aromatic N) is 1. The molecule has 1 rings (SSSR count). The van der Waals surface area contributed by atoms with E-state index in [-0.39, 0.29) is 12.1 Å². The van der Waals surface area contributed by atoms with Crippen molar-refractivity contribution in [3.05, 3.63) is 39.9 Å². The molecule has 0 fully saturated rings. The normalized spacial score (nSPS) is 12.6. The van der Waals surface area contributed by atoms with Gasteiger partial charge in [0.1, 0.15) is 6.04 Å². The van der Waals surface area contributed by atoms with E-state index in [0.29, 0.717) is 5.56 Å². The summed E-state index contributed by atoms with van der Waals surface area (Å²) >= 11 is 0. The number of hydrogen-bond acceptors (Lipinski definition) is 7. The van der Waals surface area contributed by atoms with Gasteiger partial charge < -0.3 is 14.8 Å². The molecule has 0 aliphatic rings. The topological polar surface area (TPSA) is 125 Å². The Morgan fingerprint density at radius 1 is 1.17 bits per heavy atom. The van der Waals surface area contributed by atoms with Gasteiger partial charge in [0, 0.05) is 25.0 Å².